The van der Waals surface area contributed by atoms with Crippen molar-refractivity contribution in [1.29, 1.82) is 0 Å². The number of allylic oxidation sites excluding steroid dienone is 2. The first-order valence-corrected chi connectivity index (χ1v) is 8.20. The van der Waals surface area contributed by atoms with E-state index in [1.165, 1.54) is 6.07 Å². The molecule has 0 atom stereocenters. The third-order valence-corrected chi connectivity index (χ3v) is 4.70. The maximum Gasteiger partial charge on any atom is 0.314 e. The Labute approximate surface area is 149 Å². The first kappa shape index (κ1) is 18.3. The van der Waals surface area contributed by atoms with E-state index in [1.807, 2.05) is 0 Å². The van der Waals surface area contributed by atoms with Gasteiger partial charge >= 0.3 is 11.8 Å². The molecular weight excluding hydrogens is 344 g/mol. The number of halogens is 4. The van der Waals surface area contributed by atoms with Crippen LogP contribution in [0.1, 0.15) is 35.1 Å². The van der Waals surface area contributed by atoms with Gasteiger partial charge in [0, 0.05) is 12.8 Å². The van der Waals surface area contributed by atoms with Crippen molar-refractivity contribution in [3.05, 3.63) is 72.1 Å². The van der Waals surface area contributed by atoms with Crippen LogP contribution in [0.2, 0.25) is 0 Å². The maximum atomic E-state index is 13.6. The van der Waals surface area contributed by atoms with Gasteiger partial charge in [0.15, 0.2) is 0 Å². The highest BCUT2D eigenvalue weighted by Gasteiger charge is 2.58. The van der Waals surface area contributed by atoms with Gasteiger partial charge in [-0.15, -0.1) is 0 Å². The average Bonchev–Trinajstić information content (AvgIpc) is 2.60. The quantitative estimate of drug-likeness (QED) is 0.670. The minimum Gasteiger partial charge on any atom is -0.200 e. The zero-order valence-corrected chi connectivity index (χ0v) is 14.1. The van der Waals surface area contributed by atoms with Crippen LogP contribution in [0.3, 0.4) is 0 Å². The highest BCUT2D eigenvalue weighted by Crippen LogP contribution is 2.44. The van der Waals surface area contributed by atoms with E-state index in [2.05, 4.69) is 23.4 Å². The third-order valence-electron chi connectivity index (χ3n) is 4.70. The van der Waals surface area contributed by atoms with E-state index in [9.17, 15) is 17.6 Å². The fraction of sp³-hybridized carbons (Fsp3) is 0.300. The summed E-state index contributed by atoms with van der Waals surface area (Å²) in [4.78, 5) is 0. The molecule has 1 aromatic heterocycles. The van der Waals surface area contributed by atoms with Crippen LogP contribution in [-0.4, -0.2) is 22.0 Å². The van der Waals surface area contributed by atoms with E-state index >= 15 is 0 Å². The largest absolute Gasteiger partial charge is 0.314 e. The van der Waals surface area contributed by atoms with Gasteiger partial charge < -0.3 is 0 Å². The Kier molecular flexibility index (Phi) is 4.69. The molecule has 0 aliphatic heterocycles. The SMILES string of the molecule is C=C(CCC(=C)c1ccc2c(c1)CC(F)(F)C(F)(F)C2)c1ccnnc1. The van der Waals surface area contributed by atoms with Crippen LogP contribution in [0.15, 0.2) is 49.8 Å². The first-order chi connectivity index (χ1) is 12.2. The Morgan fingerprint density at radius 2 is 1.46 bits per heavy atom. The summed E-state index contributed by atoms with van der Waals surface area (Å²) in [5.74, 6) is -8.03. The van der Waals surface area contributed by atoms with Gasteiger partial charge in [0.05, 0.1) is 12.4 Å². The predicted molar refractivity (Wildman–Crippen MR) is 93.1 cm³/mol. The Balaban J connectivity index is 1.71. The molecule has 0 spiro atoms. The zero-order chi connectivity index (χ0) is 18.9. The molecule has 136 valence electrons. The summed E-state index contributed by atoms with van der Waals surface area (Å²) < 4.78 is 54.3. The van der Waals surface area contributed by atoms with Crippen LogP contribution in [-0.2, 0) is 12.8 Å². The van der Waals surface area contributed by atoms with Crippen molar-refractivity contribution in [2.45, 2.75) is 37.5 Å². The van der Waals surface area contributed by atoms with Gasteiger partial charge in [-0.05, 0) is 52.3 Å². The number of hydrogen-bond donors (Lipinski definition) is 0. The van der Waals surface area contributed by atoms with Crippen LogP contribution >= 0.6 is 0 Å². The molecular formula is C20H18F4N2. The molecule has 2 nitrogen and oxygen atoms in total. The molecule has 0 amide bonds. The molecule has 2 aromatic rings. The summed E-state index contributed by atoms with van der Waals surface area (Å²) in [6.07, 6.45) is 2.50. The number of benzene rings is 1. The molecule has 3 rings (SSSR count). The number of aromatic nitrogens is 2. The monoisotopic (exact) mass is 362 g/mol. The fourth-order valence-corrected chi connectivity index (χ4v) is 3.01. The topological polar surface area (TPSA) is 25.8 Å². The smallest absolute Gasteiger partial charge is 0.200 e. The van der Waals surface area contributed by atoms with Gasteiger partial charge in [-0.25, -0.2) is 0 Å². The van der Waals surface area contributed by atoms with Crippen molar-refractivity contribution in [1.82, 2.24) is 10.2 Å². The van der Waals surface area contributed by atoms with Crippen molar-refractivity contribution in [3.63, 3.8) is 0 Å². The van der Waals surface area contributed by atoms with Crippen molar-refractivity contribution >= 4 is 11.1 Å². The van der Waals surface area contributed by atoms with Crippen molar-refractivity contribution < 1.29 is 17.6 Å². The van der Waals surface area contributed by atoms with Crippen molar-refractivity contribution in [3.8, 4) is 0 Å². The Morgan fingerprint density at radius 3 is 2.08 bits per heavy atom. The third kappa shape index (κ3) is 3.54. The number of rotatable bonds is 5. The van der Waals surface area contributed by atoms with Gasteiger partial charge in [0.2, 0.25) is 0 Å². The van der Waals surface area contributed by atoms with Crippen LogP contribution in [0.4, 0.5) is 17.6 Å². The summed E-state index contributed by atoms with van der Waals surface area (Å²) >= 11 is 0. The van der Waals surface area contributed by atoms with Crippen LogP contribution in [0.5, 0.6) is 0 Å². The Hall–Kier alpha value is -2.50. The molecule has 0 bridgehead atoms. The van der Waals surface area contributed by atoms with E-state index in [4.69, 9.17) is 0 Å². The molecule has 1 aliphatic rings. The Morgan fingerprint density at radius 1 is 0.846 bits per heavy atom. The molecule has 26 heavy (non-hydrogen) atoms. The van der Waals surface area contributed by atoms with Gasteiger partial charge in [0.1, 0.15) is 0 Å². The van der Waals surface area contributed by atoms with E-state index in [0.29, 0.717) is 18.4 Å². The molecule has 6 heteroatoms. The van der Waals surface area contributed by atoms with E-state index < -0.39 is 24.7 Å². The summed E-state index contributed by atoms with van der Waals surface area (Å²) in [6.45, 7) is 8.00. The normalized spacial score (nSPS) is 17.4. The molecule has 1 aliphatic carbocycles. The minimum atomic E-state index is -4.03. The highest BCUT2D eigenvalue weighted by atomic mass is 19.3. The van der Waals surface area contributed by atoms with Gasteiger partial charge in [0.25, 0.3) is 0 Å². The standard InChI is InChI=1S/C20H18F4N2/c1-13(3-4-14(2)17-7-8-25-26-12-17)15-5-6-16-10-19(21,22)20(23,24)11-18(16)9-15/h5-9,12H,1-4,10-11H2. The second-order valence-electron chi connectivity index (χ2n) is 6.58. The second-order valence-corrected chi connectivity index (χ2v) is 6.58. The number of hydrogen-bond acceptors (Lipinski definition) is 2. The van der Waals surface area contributed by atoms with Gasteiger partial charge in [-0.3, -0.25) is 0 Å². The van der Waals surface area contributed by atoms with Crippen LogP contribution in [0, 0.1) is 0 Å². The highest BCUT2D eigenvalue weighted by molar-refractivity contribution is 5.69. The second kappa shape index (κ2) is 6.67. The molecule has 1 heterocycles. The lowest BCUT2D eigenvalue weighted by molar-refractivity contribution is -0.211. The van der Waals surface area contributed by atoms with Gasteiger partial charge in [-0.1, -0.05) is 31.4 Å². The van der Waals surface area contributed by atoms with Gasteiger partial charge in [-0.2, -0.15) is 27.8 Å². The fourth-order valence-electron chi connectivity index (χ4n) is 3.01. The maximum absolute atomic E-state index is 13.6. The van der Waals surface area contributed by atoms with Crippen LogP contribution < -0.4 is 0 Å². The number of alkyl halides is 4. The zero-order valence-electron chi connectivity index (χ0n) is 14.1. The summed E-state index contributed by atoms with van der Waals surface area (Å²) in [7, 11) is 0. The molecule has 0 fully saturated rings. The van der Waals surface area contributed by atoms with E-state index in [-0.39, 0.29) is 11.1 Å². The molecule has 0 unspecified atom stereocenters. The lowest BCUT2D eigenvalue weighted by atomic mass is 9.84. The Bertz CT molecular complexity index is 844. The number of nitrogens with zero attached hydrogens (tertiary/aromatic N) is 2. The molecule has 0 saturated carbocycles. The summed E-state index contributed by atoms with van der Waals surface area (Å²) in [5, 5.41) is 7.51. The molecule has 1 aromatic carbocycles. The lowest BCUT2D eigenvalue weighted by Gasteiger charge is -2.32. The molecule has 0 N–H and O–H groups in total. The van der Waals surface area contributed by atoms with Crippen LogP contribution in [0.25, 0.3) is 11.1 Å². The summed E-state index contributed by atoms with van der Waals surface area (Å²) in [6, 6.07) is 6.52. The van der Waals surface area contributed by atoms with Crippen molar-refractivity contribution in [2.24, 2.45) is 0 Å². The molecule has 0 saturated heterocycles. The lowest BCUT2D eigenvalue weighted by Crippen LogP contribution is -2.47. The minimum absolute atomic E-state index is 0.261. The predicted octanol–water partition coefficient (Wildman–Crippen LogP) is 5.35. The van der Waals surface area contributed by atoms with Crippen molar-refractivity contribution in [2.75, 3.05) is 0 Å². The first-order valence-electron chi connectivity index (χ1n) is 8.20. The average molecular weight is 362 g/mol. The number of fused-ring (bicyclic) bond motifs is 1. The van der Waals surface area contributed by atoms with E-state index in [1.54, 1.807) is 30.6 Å². The van der Waals surface area contributed by atoms with E-state index in [0.717, 1.165) is 16.7 Å². The molecule has 0 radical (unpaired) electrons. The summed E-state index contributed by atoms with van der Waals surface area (Å²) in [5.41, 5.74) is 3.70.